The normalized spacial score (nSPS) is 13.0. The molecule has 112 valence electrons. The molecule has 2 N–H and O–H groups in total. The molecule has 0 spiro atoms. The Balaban J connectivity index is 2.29. The molecule has 0 saturated heterocycles. The summed E-state index contributed by atoms with van der Waals surface area (Å²) in [6.45, 7) is 0. The van der Waals surface area contributed by atoms with Crippen molar-refractivity contribution in [2.24, 2.45) is 5.73 Å². The highest BCUT2D eigenvalue weighted by Crippen LogP contribution is 2.32. The van der Waals surface area contributed by atoms with Crippen LogP contribution < -0.4 is 10.5 Å². The van der Waals surface area contributed by atoms with Crippen LogP contribution in [-0.4, -0.2) is 7.11 Å². The fraction of sp³-hybridized carbons (Fsp3) is 0.200. The molecule has 0 fully saturated rings. The maximum absolute atomic E-state index is 12.5. The third-order valence-corrected chi connectivity index (χ3v) is 3.44. The molecule has 0 heterocycles. The molecular weight excluding hydrogens is 303 g/mol. The second-order valence-electron chi connectivity index (χ2n) is 4.49. The molecule has 2 aromatic rings. The van der Waals surface area contributed by atoms with Gasteiger partial charge in [-0.05, 0) is 35.4 Å². The summed E-state index contributed by atoms with van der Waals surface area (Å²) in [6, 6.07) is 9.24. The van der Waals surface area contributed by atoms with Gasteiger partial charge in [-0.25, -0.2) is 0 Å². The number of hydrogen-bond donors (Lipinski definition) is 1. The predicted octanol–water partition coefficient (Wildman–Crippen LogP) is 4.42. The van der Waals surface area contributed by atoms with Crippen molar-refractivity contribution in [3.05, 3.63) is 64.2 Å². The van der Waals surface area contributed by atoms with Crippen molar-refractivity contribution in [3.8, 4) is 5.75 Å². The first-order valence-electron chi connectivity index (χ1n) is 6.09. The summed E-state index contributed by atoms with van der Waals surface area (Å²) in [5.74, 6) is 0.469. The number of alkyl halides is 3. The average molecular weight is 316 g/mol. The highest BCUT2D eigenvalue weighted by molar-refractivity contribution is 6.32. The van der Waals surface area contributed by atoms with Crippen LogP contribution in [0.2, 0.25) is 5.02 Å². The molecule has 6 heteroatoms. The van der Waals surface area contributed by atoms with E-state index >= 15 is 0 Å². The summed E-state index contributed by atoms with van der Waals surface area (Å²) >= 11 is 5.93. The number of methoxy groups -OCH3 is 1. The quantitative estimate of drug-likeness (QED) is 0.910. The molecule has 2 rings (SSSR count). The van der Waals surface area contributed by atoms with Crippen LogP contribution in [0.1, 0.15) is 22.7 Å². The largest absolute Gasteiger partial charge is 0.495 e. The summed E-state index contributed by atoms with van der Waals surface area (Å²) in [5, 5.41) is 0.445. The zero-order valence-corrected chi connectivity index (χ0v) is 11.9. The number of ether oxygens (including phenoxy) is 1. The second-order valence-corrected chi connectivity index (χ2v) is 4.90. The Bertz CT molecular complexity index is 626. The van der Waals surface area contributed by atoms with E-state index in [2.05, 4.69) is 0 Å². The minimum Gasteiger partial charge on any atom is -0.495 e. The Morgan fingerprint density at radius 1 is 1.05 bits per heavy atom. The van der Waals surface area contributed by atoms with Crippen LogP contribution in [0, 0.1) is 0 Å². The van der Waals surface area contributed by atoms with Crippen molar-refractivity contribution < 1.29 is 17.9 Å². The van der Waals surface area contributed by atoms with E-state index < -0.39 is 17.8 Å². The molecule has 0 aromatic heterocycles. The van der Waals surface area contributed by atoms with Gasteiger partial charge in [0.2, 0.25) is 0 Å². The van der Waals surface area contributed by atoms with Crippen LogP contribution in [0.25, 0.3) is 0 Å². The van der Waals surface area contributed by atoms with E-state index in [1.807, 2.05) is 0 Å². The molecule has 0 saturated carbocycles. The fourth-order valence-electron chi connectivity index (χ4n) is 1.94. The zero-order valence-electron chi connectivity index (χ0n) is 11.1. The van der Waals surface area contributed by atoms with Crippen molar-refractivity contribution in [3.63, 3.8) is 0 Å². The van der Waals surface area contributed by atoms with Gasteiger partial charge in [-0.2, -0.15) is 13.2 Å². The summed E-state index contributed by atoms with van der Waals surface area (Å²) < 4.78 is 42.7. The van der Waals surface area contributed by atoms with E-state index in [1.165, 1.54) is 19.2 Å². The lowest BCUT2D eigenvalue weighted by Crippen LogP contribution is -2.13. The second kappa shape index (κ2) is 5.95. The highest BCUT2D eigenvalue weighted by atomic mass is 35.5. The molecule has 0 aliphatic rings. The maximum Gasteiger partial charge on any atom is 0.416 e. The third kappa shape index (κ3) is 3.49. The Kier molecular flexibility index (Phi) is 4.44. The van der Waals surface area contributed by atoms with Gasteiger partial charge in [0.25, 0.3) is 0 Å². The van der Waals surface area contributed by atoms with Crippen molar-refractivity contribution in [1.82, 2.24) is 0 Å². The van der Waals surface area contributed by atoms with E-state index in [0.29, 0.717) is 21.9 Å². The topological polar surface area (TPSA) is 35.2 Å². The maximum atomic E-state index is 12.5. The first-order valence-corrected chi connectivity index (χ1v) is 6.47. The minimum atomic E-state index is -4.36. The lowest BCUT2D eigenvalue weighted by Gasteiger charge is -2.15. The van der Waals surface area contributed by atoms with Crippen LogP contribution in [0.4, 0.5) is 13.2 Å². The van der Waals surface area contributed by atoms with Crippen LogP contribution in [0.3, 0.4) is 0 Å². The summed E-state index contributed by atoms with van der Waals surface area (Å²) in [7, 11) is 1.48. The van der Waals surface area contributed by atoms with Gasteiger partial charge in [-0.3, -0.25) is 0 Å². The van der Waals surface area contributed by atoms with Crippen molar-refractivity contribution in [2.45, 2.75) is 12.2 Å². The Morgan fingerprint density at radius 2 is 1.62 bits per heavy atom. The number of nitrogens with two attached hydrogens (primary N) is 1. The molecule has 0 radical (unpaired) electrons. The lowest BCUT2D eigenvalue weighted by atomic mass is 9.98. The van der Waals surface area contributed by atoms with Crippen molar-refractivity contribution in [2.75, 3.05) is 7.11 Å². The highest BCUT2D eigenvalue weighted by Gasteiger charge is 2.30. The number of hydrogen-bond acceptors (Lipinski definition) is 2. The minimum absolute atomic E-state index is 0.445. The summed E-state index contributed by atoms with van der Waals surface area (Å²) in [4.78, 5) is 0. The van der Waals surface area contributed by atoms with Crippen LogP contribution >= 0.6 is 11.6 Å². The van der Waals surface area contributed by atoms with E-state index in [0.717, 1.165) is 12.1 Å². The van der Waals surface area contributed by atoms with Gasteiger partial charge >= 0.3 is 6.18 Å². The molecule has 2 aromatic carbocycles. The SMILES string of the molecule is COc1cc(C(N)c2ccc(C(F)(F)F)cc2)ccc1Cl. The van der Waals surface area contributed by atoms with Gasteiger partial charge in [0, 0.05) is 0 Å². The van der Waals surface area contributed by atoms with Gasteiger partial charge in [0.05, 0.1) is 23.7 Å². The van der Waals surface area contributed by atoms with E-state index in [4.69, 9.17) is 22.1 Å². The Morgan fingerprint density at radius 3 is 2.14 bits per heavy atom. The first kappa shape index (κ1) is 15.7. The van der Waals surface area contributed by atoms with Crippen molar-refractivity contribution >= 4 is 11.6 Å². The Hall–Kier alpha value is -1.72. The van der Waals surface area contributed by atoms with Crippen LogP contribution in [0.5, 0.6) is 5.75 Å². The van der Waals surface area contributed by atoms with Gasteiger partial charge in [0.1, 0.15) is 5.75 Å². The van der Waals surface area contributed by atoms with Gasteiger partial charge in [-0.15, -0.1) is 0 Å². The van der Waals surface area contributed by atoms with E-state index in [-0.39, 0.29) is 0 Å². The van der Waals surface area contributed by atoms with Gasteiger partial charge in [0.15, 0.2) is 0 Å². The molecule has 0 amide bonds. The molecule has 21 heavy (non-hydrogen) atoms. The zero-order chi connectivity index (χ0) is 15.6. The van der Waals surface area contributed by atoms with Gasteiger partial charge in [-0.1, -0.05) is 29.8 Å². The van der Waals surface area contributed by atoms with Crippen LogP contribution in [0.15, 0.2) is 42.5 Å². The standard InChI is InChI=1S/C15H13ClF3NO/c1-21-13-8-10(4-7-12(13)16)14(20)9-2-5-11(6-3-9)15(17,18)19/h2-8,14H,20H2,1H3. The molecule has 0 aliphatic heterocycles. The Labute approximate surface area is 125 Å². The molecule has 2 nitrogen and oxygen atoms in total. The lowest BCUT2D eigenvalue weighted by molar-refractivity contribution is -0.137. The fourth-order valence-corrected chi connectivity index (χ4v) is 2.14. The van der Waals surface area contributed by atoms with E-state index in [1.54, 1.807) is 18.2 Å². The molecule has 1 unspecified atom stereocenters. The summed E-state index contributed by atoms with van der Waals surface area (Å²) in [5.41, 5.74) is 6.65. The monoisotopic (exact) mass is 315 g/mol. The van der Waals surface area contributed by atoms with Gasteiger partial charge < -0.3 is 10.5 Å². The molecular formula is C15H13ClF3NO. The number of benzene rings is 2. The predicted molar refractivity (Wildman–Crippen MR) is 75.5 cm³/mol. The first-order chi connectivity index (χ1) is 9.82. The van der Waals surface area contributed by atoms with E-state index in [9.17, 15) is 13.2 Å². The average Bonchev–Trinajstić information content (AvgIpc) is 2.46. The number of halogens is 4. The third-order valence-electron chi connectivity index (χ3n) is 3.13. The summed E-state index contributed by atoms with van der Waals surface area (Å²) in [6.07, 6.45) is -4.36. The van der Waals surface area contributed by atoms with Crippen LogP contribution in [-0.2, 0) is 6.18 Å². The molecule has 0 aliphatic carbocycles. The molecule has 1 atom stereocenters. The number of rotatable bonds is 3. The van der Waals surface area contributed by atoms with Crippen molar-refractivity contribution in [1.29, 1.82) is 0 Å². The molecule has 0 bridgehead atoms. The smallest absolute Gasteiger partial charge is 0.416 e.